The molecule has 0 aromatic rings. The zero-order valence-electron chi connectivity index (χ0n) is 5.18. The first-order chi connectivity index (χ1) is 3.50. The fourth-order valence-corrected chi connectivity index (χ4v) is 0.246. The molecule has 8 heavy (non-hydrogen) atoms. The van der Waals surface area contributed by atoms with E-state index in [1.54, 1.807) is 19.9 Å². The molecule has 2 N–H and O–H groups in total. The van der Waals surface area contributed by atoms with Crippen molar-refractivity contribution < 1.29 is 4.21 Å². The van der Waals surface area contributed by atoms with Crippen LogP contribution in [-0.4, -0.2) is 8.96 Å². The van der Waals surface area contributed by atoms with E-state index in [1.807, 2.05) is 0 Å². The maximum absolute atomic E-state index is 10.5. The second-order valence-electron chi connectivity index (χ2n) is 2.10. The third kappa shape index (κ3) is 1.76. The summed E-state index contributed by atoms with van der Waals surface area (Å²) in [5.74, 6) is 0. The van der Waals surface area contributed by atoms with Crippen molar-refractivity contribution in [2.45, 2.75) is 18.6 Å². The normalized spacial score (nSPS) is 15.4. The topological polar surface area (TPSA) is 43.1 Å². The standard InChI is InChI=1S/C5H11NOS/c1-4-5(2,3)8(6)7/h4H,1,6H2,2-3H3. The molecule has 48 valence electrons. The monoisotopic (exact) mass is 133 g/mol. The molecular formula is C5H11NOS. The number of rotatable bonds is 2. The Balaban J connectivity index is 4.12. The summed E-state index contributed by atoms with van der Waals surface area (Å²) in [6.07, 6.45) is 1.59. The van der Waals surface area contributed by atoms with E-state index < -0.39 is 15.7 Å². The fraction of sp³-hybridized carbons (Fsp3) is 0.600. The molecule has 0 aliphatic carbocycles. The van der Waals surface area contributed by atoms with Crippen LogP contribution in [-0.2, 0) is 11.0 Å². The van der Waals surface area contributed by atoms with Crippen molar-refractivity contribution in [1.82, 2.24) is 0 Å². The average Bonchev–Trinajstić information content (AvgIpc) is 1.67. The molecule has 0 aliphatic rings. The van der Waals surface area contributed by atoms with Crippen molar-refractivity contribution in [2.24, 2.45) is 5.14 Å². The Labute approximate surface area is 52.4 Å². The lowest BCUT2D eigenvalue weighted by molar-refractivity contribution is 0.664. The summed E-state index contributed by atoms with van der Waals surface area (Å²) in [6, 6.07) is 0. The van der Waals surface area contributed by atoms with E-state index in [-0.39, 0.29) is 0 Å². The van der Waals surface area contributed by atoms with Gasteiger partial charge in [-0.05, 0) is 13.8 Å². The molecular weight excluding hydrogens is 122 g/mol. The zero-order chi connectivity index (χ0) is 6.78. The molecule has 0 saturated heterocycles. The molecule has 0 spiro atoms. The molecule has 1 unspecified atom stereocenters. The highest BCUT2D eigenvalue weighted by molar-refractivity contribution is 7.84. The van der Waals surface area contributed by atoms with Crippen LogP contribution >= 0.6 is 0 Å². The first kappa shape index (κ1) is 7.85. The van der Waals surface area contributed by atoms with Gasteiger partial charge in [-0.3, -0.25) is 5.14 Å². The van der Waals surface area contributed by atoms with Crippen LogP contribution in [0.15, 0.2) is 12.7 Å². The smallest absolute Gasteiger partial charge is 0.0984 e. The maximum atomic E-state index is 10.5. The molecule has 0 heterocycles. The molecule has 0 aromatic carbocycles. The van der Waals surface area contributed by atoms with Gasteiger partial charge in [0.2, 0.25) is 0 Å². The van der Waals surface area contributed by atoms with Crippen LogP contribution in [0.5, 0.6) is 0 Å². The second-order valence-corrected chi connectivity index (χ2v) is 3.75. The first-order valence-corrected chi connectivity index (χ1v) is 3.52. The highest BCUT2D eigenvalue weighted by Crippen LogP contribution is 2.08. The molecule has 0 amide bonds. The largest absolute Gasteiger partial charge is 0.251 e. The van der Waals surface area contributed by atoms with Gasteiger partial charge in [0.05, 0.1) is 15.7 Å². The zero-order valence-corrected chi connectivity index (χ0v) is 5.99. The van der Waals surface area contributed by atoms with Crippen LogP contribution in [0.2, 0.25) is 0 Å². The molecule has 2 nitrogen and oxygen atoms in total. The van der Waals surface area contributed by atoms with Gasteiger partial charge >= 0.3 is 0 Å². The summed E-state index contributed by atoms with van der Waals surface area (Å²) < 4.78 is 10.1. The maximum Gasteiger partial charge on any atom is 0.0984 e. The second kappa shape index (κ2) is 2.42. The van der Waals surface area contributed by atoms with Crippen LogP contribution in [0.1, 0.15) is 13.8 Å². The molecule has 0 aromatic heterocycles. The number of hydrogen-bond donors (Lipinski definition) is 1. The van der Waals surface area contributed by atoms with E-state index in [1.165, 1.54) is 0 Å². The molecule has 3 heteroatoms. The lowest BCUT2D eigenvalue weighted by Gasteiger charge is -2.13. The fourth-order valence-electron chi connectivity index (χ4n) is 0.0821. The van der Waals surface area contributed by atoms with Crippen molar-refractivity contribution in [2.75, 3.05) is 0 Å². The Morgan fingerprint density at radius 1 is 1.75 bits per heavy atom. The van der Waals surface area contributed by atoms with E-state index in [0.717, 1.165) is 0 Å². The predicted octanol–water partition coefficient (Wildman–Crippen LogP) is 0.573. The van der Waals surface area contributed by atoms with E-state index >= 15 is 0 Å². The summed E-state index contributed by atoms with van der Waals surface area (Å²) in [5.41, 5.74) is 0. The third-order valence-corrected chi connectivity index (χ3v) is 2.21. The third-order valence-electron chi connectivity index (χ3n) is 1.01. The summed E-state index contributed by atoms with van der Waals surface area (Å²) in [5, 5.41) is 5.08. The lowest BCUT2D eigenvalue weighted by atomic mass is 10.2. The Kier molecular flexibility index (Phi) is 2.37. The van der Waals surface area contributed by atoms with Crippen molar-refractivity contribution in [3.05, 3.63) is 12.7 Å². The van der Waals surface area contributed by atoms with Gasteiger partial charge in [-0.25, -0.2) is 4.21 Å². The molecule has 0 radical (unpaired) electrons. The number of nitrogens with two attached hydrogens (primary N) is 1. The molecule has 0 rings (SSSR count). The highest BCUT2D eigenvalue weighted by Gasteiger charge is 2.17. The molecule has 0 aliphatic heterocycles. The summed E-state index contributed by atoms with van der Waals surface area (Å²) in [4.78, 5) is 0. The van der Waals surface area contributed by atoms with Crippen molar-refractivity contribution >= 4 is 11.0 Å². The van der Waals surface area contributed by atoms with Crippen molar-refractivity contribution in [3.63, 3.8) is 0 Å². The minimum Gasteiger partial charge on any atom is -0.251 e. The van der Waals surface area contributed by atoms with Crippen LogP contribution in [0.25, 0.3) is 0 Å². The van der Waals surface area contributed by atoms with Crippen molar-refractivity contribution in [1.29, 1.82) is 0 Å². The van der Waals surface area contributed by atoms with Crippen LogP contribution < -0.4 is 5.14 Å². The van der Waals surface area contributed by atoms with Crippen LogP contribution in [0, 0.1) is 0 Å². The van der Waals surface area contributed by atoms with Gasteiger partial charge in [-0.1, -0.05) is 6.08 Å². The van der Waals surface area contributed by atoms with Crippen molar-refractivity contribution in [3.8, 4) is 0 Å². The van der Waals surface area contributed by atoms with Gasteiger partial charge < -0.3 is 0 Å². The van der Waals surface area contributed by atoms with Gasteiger partial charge in [0, 0.05) is 0 Å². The Morgan fingerprint density at radius 3 is 2.12 bits per heavy atom. The molecule has 0 fully saturated rings. The Bertz CT molecular complexity index is 120. The molecule has 0 bridgehead atoms. The molecule has 0 saturated carbocycles. The van der Waals surface area contributed by atoms with Crippen LogP contribution in [0.4, 0.5) is 0 Å². The SMILES string of the molecule is C=CC(C)(C)S(N)=O. The molecule has 1 atom stereocenters. The Hall–Kier alpha value is -0.150. The van der Waals surface area contributed by atoms with E-state index in [0.29, 0.717) is 0 Å². The first-order valence-electron chi connectivity index (χ1n) is 2.30. The van der Waals surface area contributed by atoms with Gasteiger partial charge in [0.15, 0.2) is 0 Å². The van der Waals surface area contributed by atoms with E-state index in [9.17, 15) is 4.21 Å². The van der Waals surface area contributed by atoms with E-state index in [4.69, 9.17) is 5.14 Å². The Morgan fingerprint density at radius 2 is 2.12 bits per heavy atom. The summed E-state index contributed by atoms with van der Waals surface area (Å²) >= 11 is 0. The minimum absolute atomic E-state index is 0.444. The quantitative estimate of drug-likeness (QED) is 0.550. The van der Waals surface area contributed by atoms with E-state index in [2.05, 4.69) is 6.58 Å². The summed E-state index contributed by atoms with van der Waals surface area (Å²) in [7, 11) is -1.29. The van der Waals surface area contributed by atoms with Gasteiger partial charge in [0.1, 0.15) is 0 Å². The average molecular weight is 133 g/mol. The van der Waals surface area contributed by atoms with Gasteiger partial charge in [-0.15, -0.1) is 6.58 Å². The highest BCUT2D eigenvalue weighted by atomic mass is 32.2. The van der Waals surface area contributed by atoms with Crippen LogP contribution in [0.3, 0.4) is 0 Å². The lowest BCUT2D eigenvalue weighted by Crippen LogP contribution is -2.28. The van der Waals surface area contributed by atoms with Gasteiger partial charge in [0.25, 0.3) is 0 Å². The number of hydrogen-bond acceptors (Lipinski definition) is 1. The minimum atomic E-state index is -1.29. The summed E-state index contributed by atoms with van der Waals surface area (Å²) in [6.45, 7) is 7.03. The van der Waals surface area contributed by atoms with Gasteiger partial charge in [-0.2, -0.15) is 0 Å². The predicted molar refractivity (Wildman–Crippen MR) is 36.6 cm³/mol.